The van der Waals surface area contributed by atoms with Crippen LogP contribution in [0.4, 0.5) is 0 Å². The number of nitrogens with one attached hydrogen (secondary N) is 1. The lowest BCUT2D eigenvalue weighted by atomic mass is 9.81. The van der Waals surface area contributed by atoms with Gasteiger partial charge in [0, 0.05) is 14.0 Å². The molecule has 0 spiro atoms. The Hall–Kier alpha value is -1.65. The zero-order chi connectivity index (χ0) is 11.9. The molecule has 5 heteroatoms. The van der Waals surface area contributed by atoms with Crippen LogP contribution < -0.4 is 5.32 Å². The maximum Gasteiger partial charge on any atom is 0.235 e. The zero-order valence-corrected chi connectivity index (χ0v) is 9.27. The maximum absolute atomic E-state index is 11.9. The fourth-order valence-corrected chi connectivity index (χ4v) is 2.42. The van der Waals surface area contributed by atoms with Crippen molar-refractivity contribution in [2.75, 3.05) is 7.05 Å². The molecule has 2 rings (SSSR count). The van der Waals surface area contributed by atoms with E-state index in [1.165, 1.54) is 14.0 Å². The van der Waals surface area contributed by atoms with Crippen LogP contribution in [0, 0.1) is 11.8 Å². The summed E-state index contributed by atoms with van der Waals surface area (Å²) in [5.74, 6) is -1.26. The zero-order valence-electron chi connectivity index (χ0n) is 9.27. The Morgan fingerprint density at radius 2 is 2.12 bits per heavy atom. The molecule has 0 bridgehead atoms. The Morgan fingerprint density at radius 1 is 1.44 bits per heavy atom. The van der Waals surface area contributed by atoms with E-state index in [1.807, 2.05) is 6.08 Å². The van der Waals surface area contributed by atoms with Crippen LogP contribution >= 0.6 is 0 Å². The summed E-state index contributed by atoms with van der Waals surface area (Å²) in [6, 6.07) is -0.349. The predicted octanol–water partition coefficient (Wildman–Crippen LogP) is -0.318. The lowest BCUT2D eigenvalue weighted by molar-refractivity contribution is -0.138. The molecule has 1 heterocycles. The molecular formula is C11H14N2O3. The highest BCUT2D eigenvalue weighted by molar-refractivity contribution is 6.05. The number of allylic oxidation sites excluding steroid dienone is 1. The number of amides is 3. The van der Waals surface area contributed by atoms with Crippen LogP contribution in [0.2, 0.25) is 0 Å². The van der Waals surface area contributed by atoms with Gasteiger partial charge in [0.15, 0.2) is 0 Å². The van der Waals surface area contributed by atoms with Crippen LogP contribution in [0.5, 0.6) is 0 Å². The molecule has 0 aromatic carbocycles. The van der Waals surface area contributed by atoms with Gasteiger partial charge < -0.3 is 5.32 Å². The quantitative estimate of drug-likeness (QED) is 0.488. The molecule has 1 N–H and O–H groups in total. The number of carbonyl (C=O) groups is 3. The third-order valence-electron chi connectivity index (χ3n) is 3.19. The fourth-order valence-electron chi connectivity index (χ4n) is 2.42. The van der Waals surface area contributed by atoms with E-state index in [9.17, 15) is 14.4 Å². The second-order valence-electron chi connectivity index (χ2n) is 4.26. The third kappa shape index (κ3) is 1.52. The van der Waals surface area contributed by atoms with E-state index >= 15 is 0 Å². The second kappa shape index (κ2) is 3.73. The van der Waals surface area contributed by atoms with Crippen molar-refractivity contribution < 1.29 is 14.4 Å². The monoisotopic (exact) mass is 222 g/mol. The first kappa shape index (κ1) is 10.9. The average Bonchev–Trinajstić information content (AvgIpc) is 2.44. The Bertz CT molecular complexity index is 389. The number of nitrogens with zero attached hydrogens (tertiary/aromatic N) is 1. The fraction of sp³-hybridized carbons (Fsp3) is 0.545. The van der Waals surface area contributed by atoms with Crippen molar-refractivity contribution in [3.63, 3.8) is 0 Å². The van der Waals surface area contributed by atoms with Gasteiger partial charge in [-0.15, -0.1) is 0 Å². The van der Waals surface area contributed by atoms with Crippen LogP contribution in [0.25, 0.3) is 0 Å². The van der Waals surface area contributed by atoms with E-state index in [-0.39, 0.29) is 29.7 Å². The summed E-state index contributed by atoms with van der Waals surface area (Å²) >= 11 is 0. The molecule has 1 fully saturated rings. The predicted molar refractivity (Wildman–Crippen MR) is 56.1 cm³/mol. The summed E-state index contributed by atoms with van der Waals surface area (Å²) in [5.41, 5.74) is 0. The van der Waals surface area contributed by atoms with Crippen molar-refractivity contribution in [1.29, 1.82) is 0 Å². The molecule has 16 heavy (non-hydrogen) atoms. The summed E-state index contributed by atoms with van der Waals surface area (Å²) in [7, 11) is 1.49. The van der Waals surface area contributed by atoms with E-state index in [4.69, 9.17) is 0 Å². The second-order valence-corrected chi connectivity index (χ2v) is 4.26. The van der Waals surface area contributed by atoms with Gasteiger partial charge in [0.05, 0.1) is 17.9 Å². The molecule has 3 atom stereocenters. The number of likely N-dealkylation sites (tertiary alicyclic amines) is 1. The minimum Gasteiger partial charge on any atom is -0.349 e. The van der Waals surface area contributed by atoms with Gasteiger partial charge in [-0.2, -0.15) is 0 Å². The standard InChI is InChI=1S/C11H14N2O3/c1-6(14)12-8-5-3-4-7-9(8)11(16)13(2)10(7)15/h3,5,7-9H,4H2,1-2H3,(H,12,14)/t7-,8+,9-/m1/s1. The normalized spacial score (nSPS) is 32.9. The lowest BCUT2D eigenvalue weighted by Crippen LogP contribution is -2.44. The van der Waals surface area contributed by atoms with Gasteiger partial charge in [-0.25, -0.2) is 0 Å². The van der Waals surface area contributed by atoms with Gasteiger partial charge >= 0.3 is 0 Å². The summed E-state index contributed by atoms with van der Waals surface area (Å²) in [6.07, 6.45) is 4.23. The number of hydrogen-bond acceptors (Lipinski definition) is 3. The number of imide groups is 1. The molecule has 0 unspecified atom stereocenters. The lowest BCUT2D eigenvalue weighted by Gasteiger charge is -2.26. The summed E-state index contributed by atoms with van der Waals surface area (Å²) in [5, 5.41) is 2.70. The molecule has 0 aromatic rings. The molecule has 1 aliphatic carbocycles. The molecule has 0 aromatic heterocycles. The molecule has 2 aliphatic rings. The van der Waals surface area contributed by atoms with Gasteiger partial charge in [0.2, 0.25) is 17.7 Å². The SMILES string of the molecule is CC(=O)N[C@H]1C=CC[C@H]2C(=O)N(C)C(=O)[C@@H]12. The van der Waals surface area contributed by atoms with E-state index in [0.717, 1.165) is 4.90 Å². The first-order valence-electron chi connectivity index (χ1n) is 5.27. The first-order valence-corrected chi connectivity index (χ1v) is 5.27. The van der Waals surface area contributed by atoms with Crippen LogP contribution in [-0.4, -0.2) is 35.7 Å². The number of carbonyl (C=O) groups excluding carboxylic acids is 3. The van der Waals surface area contributed by atoms with Crippen molar-refractivity contribution >= 4 is 17.7 Å². The van der Waals surface area contributed by atoms with Crippen LogP contribution in [0.1, 0.15) is 13.3 Å². The average molecular weight is 222 g/mol. The van der Waals surface area contributed by atoms with Crippen LogP contribution in [-0.2, 0) is 14.4 Å². The summed E-state index contributed by atoms with van der Waals surface area (Å²) in [4.78, 5) is 35.8. The molecule has 1 aliphatic heterocycles. The van der Waals surface area contributed by atoms with E-state index in [2.05, 4.69) is 5.32 Å². The van der Waals surface area contributed by atoms with Gasteiger partial charge in [-0.3, -0.25) is 19.3 Å². The number of hydrogen-bond donors (Lipinski definition) is 1. The molecule has 0 saturated carbocycles. The van der Waals surface area contributed by atoms with E-state index in [0.29, 0.717) is 6.42 Å². The number of rotatable bonds is 1. The highest BCUT2D eigenvalue weighted by Gasteiger charge is 2.49. The Morgan fingerprint density at radius 3 is 2.75 bits per heavy atom. The van der Waals surface area contributed by atoms with Crippen LogP contribution in [0.15, 0.2) is 12.2 Å². The van der Waals surface area contributed by atoms with Gasteiger partial charge in [0.1, 0.15) is 0 Å². The first-order chi connectivity index (χ1) is 7.52. The van der Waals surface area contributed by atoms with Crippen molar-refractivity contribution in [3.05, 3.63) is 12.2 Å². The molecule has 0 radical (unpaired) electrons. The molecule has 5 nitrogen and oxygen atoms in total. The summed E-state index contributed by atoms with van der Waals surface area (Å²) in [6.45, 7) is 1.41. The van der Waals surface area contributed by atoms with Crippen LogP contribution in [0.3, 0.4) is 0 Å². The van der Waals surface area contributed by atoms with Gasteiger partial charge in [0.25, 0.3) is 0 Å². The Labute approximate surface area is 93.5 Å². The highest BCUT2D eigenvalue weighted by Crippen LogP contribution is 2.34. The summed E-state index contributed by atoms with van der Waals surface area (Å²) < 4.78 is 0. The third-order valence-corrected chi connectivity index (χ3v) is 3.19. The topological polar surface area (TPSA) is 66.5 Å². The maximum atomic E-state index is 11.9. The van der Waals surface area contributed by atoms with Gasteiger partial charge in [-0.1, -0.05) is 12.2 Å². The molecule has 3 amide bonds. The van der Waals surface area contributed by atoms with E-state index in [1.54, 1.807) is 6.08 Å². The highest BCUT2D eigenvalue weighted by atomic mass is 16.2. The van der Waals surface area contributed by atoms with Crippen molar-refractivity contribution in [2.24, 2.45) is 11.8 Å². The van der Waals surface area contributed by atoms with Crippen molar-refractivity contribution in [3.8, 4) is 0 Å². The number of fused-ring (bicyclic) bond motifs is 1. The molecule has 86 valence electrons. The van der Waals surface area contributed by atoms with Crippen molar-refractivity contribution in [2.45, 2.75) is 19.4 Å². The van der Waals surface area contributed by atoms with E-state index < -0.39 is 5.92 Å². The van der Waals surface area contributed by atoms with Gasteiger partial charge in [-0.05, 0) is 6.42 Å². The molecule has 1 saturated heterocycles. The molecular weight excluding hydrogens is 208 g/mol. The minimum atomic E-state index is -0.425. The Kier molecular flexibility index (Phi) is 2.53. The minimum absolute atomic E-state index is 0.144. The smallest absolute Gasteiger partial charge is 0.235 e. The Balaban J connectivity index is 2.27. The van der Waals surface area contributed by atoms with Crippen molar-refractivity contribution in [1.82, 2.24) is 10.2 Å². The largest absolute Gasteiger partial charge is 0.349 e.